The van der Waals surface area contributed by atoms with Gasteiger partial charge < -0.3 is 10.2 Å². The highest BCUT2D eigenvalue weighted by Crippen LogP contribution is 2.67. The van der Waals surface area contributed by atoms with Gasteiger partial charge >= 0.3 is 0 Å². The van der Waals surface area contributed by atoms with E-state index in [1.807, 2.05) is 0 Å². The first kappa shape index (κ1) is 23.8. The summed E-state index contributed by atoms with van der Waals surface area (Å²) >= 11 is 0. The van der Waals surface area contributed by atoms with Crippen LogP contribution in [0.15, 0.2) is 11.6 Å². The zero-order valence-electron chi connectivity index (χ0n) is 21.1. The van der Waals surface area contributed by atoms with Crippen molar-refractivity contribution in [2.45, 2.75) is 111 Å². The molecule has 9 atom stereocenters. The Morgan fingerprint density at radius 2 is 1.81 bits per heavy atom. The Kier molecular flexibility index (Phi) is 7.01. The number of hydrogen-bond acceptors (Lipinski definition) is 2. The highest BCUT2D eigenvalue weighted by molar-refractivity contribution is 5.26. The smallest absolute Gasteiger partial charge is 0.0577 e. The van der Waals surface area contributed by atoms with Gasteiger partial charge in [-0.25, -0.2) is 0 Å². The first-order valence-corrected chi connectivity index (χ1v) is 13.7. The second-order valence-corrected chi connectivity index (χ2v) is 12.7. The molecule has 0 spiro atoms. The summed E-state index contributed by atoms with van der Waals surface area (Å²) in [4.78, 5) is 0. The molecule has 31 heavy (non-hydrogen) atoms. The zero-order chi connectivity index (χ0) is 22.4. The molecule has 4 aliphatic rings. The van der Waals surface area contributed by atoms with Gasteiger partial charge in [0.15, 0.2) is 0 Å². The van der Waals surface area contributed by atoms with Gasteiger partial charge in [-0.15, -0.1) is 0 Å². The highest BCUT2D eigenvalue weighted by Gasteiger charge is 2.60. The molecule has 4 aliphatic carbocycles. The summed E-state index contributed by atoms with van der Waals surface area (Å²) in [5.41, 5.74) is 1.88. The molecule has 2 N–H and O–H groups in total. The van der Waals surface area contributed by atoms with Gasteiger partial charge in [0.1, 0.15) is 0 Å². The van der Waals surface area contributed by atoms with E-state index >= 15 is 0 Å². The van der Waals surface area contributed by atoms with Crippen LogP contribution in [-0.2, 0) is 0 Å². The van der Waals surface area contributed by atoms with Crippen molar-refractivity contribution < 1.29 is 10.2 Å². The molecule has 0 aromatic carbocycles. The average molecular weight is 431 g/mol. The lowest BCUT2D eigenvalue weighted by Gasteiger charge is -2.59. The number of hydrogen-bond donors (Lipinski definition) is 2. The highest BCUT2D eigenvalue weighted by atomic mass is 16.3. The summed E-state index contributed by atoms with van der Waals surface area (Å²) < 4.78 is 0. The minimum Gasteiger partial charge on any atom is -0.395 e. The molecule has 2 heteroatoms. The molecule has 0 unspecified atom stereocenters. The molecule has 0 radical (unpaired) electrons. The van der Waals surface area contributed by atoms with Gasteiger partial charge in [0.2, 0.25) is 0 Å². The number of rotatable bonds is 7. The van der Waals surface area contributed by atoms with E-state index in [0.717, 1.165) is 54.8 Å². The molecule has 2 nitrogen and oxygen atoms in total. The van der Waals surface area contributed by atoms with Crippen LogP contribution in [-0.4, -0.2) is 22.9 Å². The Balaban J connectivity index is 1.50. The Morgan fingerprint density at radius 3 is 2.48 bits per heavy atom. The SMILES string of the molecule is CC[C@@H](CC[C@H](C)[C@@H]1CC[C@H]2[C@H]3CC=C4C[C@@H](O)CC[C@]4(CO)[C@@H]3CC[C@@]21C)C(C)C. The van der Waals surface area contributed by atoms with Crippen molar-refractivity contribution in [3.63, 3.8) is 0 Å². The van der Waals surface area contributed by atoms with Gasteiger partial charge in [-0.3, -0.25) is 0 Å². The van der Waals surface area contributed by atoms with Crippen molar-refractivity contribution in [1.82, 2.24) is 0 Å². The summed E-state index contributed by atoms with van der Waals surface area (Å²) in [5.74, 6) is 5.64. The van der Waals surface area contributed by atoms with Crippen molar-refractivity contribution >= 4 is 0 Å². The summed E-state index contributed by atoms with van der Waals surface area (Å²) in [6, 6.07) is 0. The summed E-state index contributed by atoms with van der Waals surface area (Å²) in [6.45, 7) is 12.7. The van der Waals surface area contributed by atoms with Crippen LogP contribution in [0.25, 0.3) is 0 Å². The van der Waals surface area contributed by atoms with Crippen molar-refractivity contribution in [2.24, 2.45) is 52.3 Å². The average Bonchev–Trinajstić information content (AvgIpc) is 3.10. The molecule has 0 aromatic rings. The van der Waals surface area contributed by atoms with Crippen molar-refractivity contribution in [3.8, 4) is 0 Å². The van der Waals surface area contributed by atoms with Crippen molar-refractivity contribution in [3.05, 3.63) is 11.6 Å². The minimum atomic E-state index is -0.189. The molecule has 4 rings (SSSR count). The first-order valence-electron chi connectivity index (χ1n) is 13.7. The predicted molar refractivity (Wildman–Crippen MR) is 130 cm³/mol. The van der Waals surface area contributed by atoms with Crippen LogP contribution < -0.4 is 0 Å². The fraction of sp³-hybridized carbons (Fsp3) is 0.931. The lowest BCUT2D eigenvalue weighted by Crippen LogP contribution is -2.53. The maximum absolute atomic E-state index is 10.6. The molecule has 3 saturated carbocycles. The molecule has 0 aromatic heterocycles. The van der Waals surface area contributed by atoms with E-state index < -0.39 is 0 Å². The van der Waals surface area contributed by atoms with Gasteiger partial charge in [0.25, 0.3) is 0 Å². The lowest BCUT2D eigenvalue weighted by molar-refractivity contribution is -0.0797. The largest absolute Gasteiger partial charge is 0.395 e. The number of fused-ring (bicyclic) bond motifs is 5. The van der Waals surface area contributed by atoms with Crippen molar-refractivity contribution in [1.29, 1.82) is 0 Å². The Labute approximate surface area is 192 Å². The van der Waals surface area contributed by atoms with Crippen LogP contribution in [0, 0.1) is 52.3 Å². The molecule has 0 bridgehead atoms. The molecular weight excluding hydrogens is 380 g/mol. The number of aliphatic hydroxyl groups is 2. The van der Waals surface area contributed by atoms with Gasteiger partial charge in [-0.05, 0) is 105 Å². The van der Waals surface area contributed by atoms with E-state index in [2.05, 4.69) is 40.7 Å². The van der Waals surface area contributed by atoms with E-state index in [1.54, 1.807) is 0 Å². The molecular formula is C29H50O2. The van der Waals surface area contributed by atoms with Gasteiger partial charge in [0.05, 0.1) is 12.7 Å². The third-order valence-corrected chi connectivity index (χ3v) is 11.3. The fourth-order valence-electron chi connectivity index (χ4n) is 9.39. The van der Waals surface area contributed by atoms with Crippen LogP contribution in [0.1, 0.15) is 105 Å². The minimum absolute atomic E-state index is 0.0151. The number of aliphatic hydroxyl groups excluding tert-OH is 2. The molecule has 0 aliphatic heterocycles. The Morgan fingerprint density at radius 1 is 1.03 bits per heavy atom. The van der Waals surface area contributed by atoms with Gasteiger partial charge in [0, 0.05) is 5.41 Å². The van der Waals surface area contributed by atoms with E-state index in [9.17, 15) is 10.2 Å². The second-order valence-electron chi connectivity index (χ2n) is 12.7. The van der Waals surface area contributed by atoms with Crippen LogP contribution in [0.5, 0.6) is 0 Å². The normalized spacial score (nSPS) is 44.3. The number of allylic oxidation sites excluding steroid dienone is 1. The molecule has 0 heterocycles. The topological polar surface area (TPSA) is 40.5 Å². The molecule has 0 saturated heterocycles. The molecule has 178 valence electrons. The van der Waals surface area contributed by atoms with Crippen LogP contribution in [0.3, 0.4) is 0 Å². The lowest BCUT2D eigenvalue weighted by atomic mass is 9.46. The van der Waals surface area contributed by atoms with E-state index in [-0.39, 0.29) is 11.5 Å². The van der Waals surface area contributed by atoms with Gasteiger partial charge in [-0.2, -0.15) is 0 Å². The first-order chi connectivity index (χ1) is 14.8. The third-order valence-electron chi connectivity index (χ3n) is 11.3. The Hall–Kier alpha value is -0.340. The Bertz CT molecular complexity index is 653. The van der Waals surface area contributed by atoms with Crippen molar-refractivity contribution in [2.75, 3.05) is 6.61 Å². The quantitative estimate of drug-likeness (QED) is 0.427. The van der Waals surface area contributed by atoms with Crippen LogP contribution in [0.2, 0.25) is 0 Å². The van der Waals surface area contributed by atoms with E-state index in [1.165, 1.54) is 56.9 Å². The van der Waals surface area contributed by atoms with E-state index in [4.69, 9.17) is 0 Å². The molecule has 3 fully saturated rings. The second kappa shape index (κ2) is 9.13. The van der Waals surface area contributed by atoms with Gasteiger partial charge in [-0.1, -0.05) is 59.1 Å². The summed E-state index contributed by atoms with van der Waals surface area (Å²) in [5, 5.41) is 20.9. The fourth-order valence-corrected chi connectivity index (χ4v) is 9.39. The standard InChI is InChI=1S/C29H50O2/c1-6-21(19(2)3)8-7-20(4)25-11-12-26-24-10-9-22-17-23(31)13-16-29(22,18-30)27(24)14-15-28(25,26)5/h9,19-21,23-27,30-31H,6-8,10-18H2,1-5H3/t20-,21-,23-,24+,25-,26-,27+,28+,29+/m0/s1. The maximum atomic E-state index is 10.6. The predicted octanol–water partition coefficient (Wildman–Crippen LogP) is 7.00. The van der Waals surface area contributed by atoms with Crippen LogP contribution in [0.4, 0.5) is 0 Å². The molecule has 0 amide bonds. The monoisotopic (exact) mass is 430 g/mol. The summed E-state index contributed by atoms with van der Waals surface area (Å²) in [6.07, 6.45) is 15.7. The summed E-state index contributed by atoms with van der Waals surface area (Å²) in [7, 11) is 0. The third kappa shape index (κ3) is 3.96. The van der Waals surface area contributed by atoms with Crippen LogP contribution >= 0.6 is 0 Å². The van der Waals surface area contributed by atoms with E-state index in [0.29, 0.717) is 17.9 Å². The zero-order valence-corrected chi connectivity index (χ0v) is 21.1. The maximum Gasteiger partial charge on any atom is 0.0577 e.